The van der Waals surface area contributed by atoms with E-state index in [-0.39, 0.29) is 5.56 Å². The van der Waals surface area contributed by atoms with Gasteiger partial charge in [-0.2, -0.15) is 0 Å². The van der Waals surface area contributed by atoms with Gasteiger partial charge in [0.25, 0.3) is 0 Å². The number of rotatable bonds is 2. The fraction of sp³-hybridized carbons (Fsp3) is 0.588. The van der Waals surface area contributed by atoms with Gasteiger partial charge in [-0.3, -0.25) is 4.79 Å². The highest BCUT2D eigenvalue weighted by molar-refractivity contribution is 7.13. The van der Waals surface area contributed by atoms with Gasteiger partial charge in [-0.05, 0) is 59.7 Å². The van der Waals surface area contributed by atoms with E-state index in [1.807, 2.05) is 12.1 Å². The number of hydrogen-bond donors (Lipinski definition) is 1. The molecule has 1 aliphatic carbocycles. The molecule has 114 valence electrons. The Labute approximate surface area is 129 Å². The highest BCUT2D eigenvalue weighted by Crippen LogP contribution is 2.45. The van der Waals surface area contributed by atoms with Crippen LogP contribution in [-0.2, 0) is 0 Å². The molecule has 0 aliphatic heterocycles. The molecule has 1 aromatic heterocycles. The molecule has 0 amide bonds. The minimum absolute atomic E-state index is 0.258. The molecule has 1 aliphatic rings. The maximum atomic E-state index is 12.3. The molecule has 1 N–H and O–H groups in total. The van der Waals surface area contributed by atoms with Gasteiger partial charge < -0.3 is 5.21 Å². The van der Waals surface area contributed by atoms with Crippen LogP contribution in [0.1, 0.15) is 51.5 Å². The van der Waals surface area contributed by atoms with Gasteiger partial charge in [-0.15, -0.1) is 0 Å². The molecule has 0 saturated heterocycles. The van der Waals surface area contributed by atoms with Crippen LogP contribution < -0.4 is 5.56 Å². The van der Waals surface area contributed by atoms with Crippen LogP contribution in [0, 0.1) is 17.8 Å². The van der Waals surface area contributed by atoms with E-state index in [4.69, 9.17) is 0 Å². The molecule has 21 heavy (non-hydrogen) atoms. The van der Waals surface area contributed by atoms with Gasteiger partial charge in [0, 0.05) is 0 Å². The first-order valence-corrected chi connectivity index (χ1v) is 8.60. The molecule has 0 spiro atoms. The van der Waals surface area contributed by atoms with E-state index in [0.717, 1.165) is 37.7 Å². The molecule has 1 saturated carbocycles. The lowest BCUT2D eigenvalue weighted by Crippen LogP contribution is -2.27. The Morgan fingerprint density at radius 2 is 2.10 bits per heavy atom. The van der Waals surface area contributed by atoms with Crippen LogP contribution in [0.4, 0.5) is 0 Å². The van der Waals surface area contributed by atoms with E-state index >= 15 is 0 Å². The van der Waals surface area contributed by atoms with Crippen LogP contribution in [0.5, 0.6) is 0 Å². The monoisotopic (exact) mass is 305 g/mol. The highest BCUT2D eigenvalue weighted by Gasteiger charge is 2.33. The maximum absolute atomic E-state index is 12.3. The van der Waals surface area contributed by atoms with Gasteiger partial charge in [0.15, 0.2) is 0 Å². The summed E-state index contributed by atoms with van der Waals surface area (Å²) in [6.07, 6.45) is 3.66. The summed E-state index contributed by atoms with van der Waals surface area (Å²) in [7, 11) is 0. The van der Waals surface area contributed by atoms with E-state index in [2.05, 4.69) is 26.8 Å². The Morgan fingerprint density at radius 1 is 1.33 bits per heavy atom. The van der Waals surface area contributed by atoms with Crippen molar-refractivity contribution in [1.82, 2.24) is 4.12 Å². The smallest absolute Gasteiger partial charge is 0.302 e. The van der Waals surface area contributed by atoms with Crippen molar-refractivity contribution in [2.45, 2.75) is 46.0 Å². The van der Waals surface area contributed by atoms with E-state index in [9.17, 15) is 10.0 Å². The van der Waals surface area contributed by atoms with Crippen LogP contribution in [0.15, 0.2) is 23.0 Å². The van der Waals surface area contributed by atoms with E-state index < -0.39 is 0 Å². The molecule has 2 aromatic rings. The molecule has 0 bridgehead atoms. The first-order chi connectivity index (χ1) is 9.99. The lowest BCUT2D eigenvalue weighted by molar-refractivity contribution is 0.197. The summed E-state index contributed by atoms with van der Waals surface area (Å²) in [6.45, 7) is 6.87. The first kappa shape index (κ1) is 14.6. The van der Waals surface area contributed by atoms with Crippen molar-refractivity contribution in [2.75, 3.05) is 0 Å². The fourth-order valence-electron chi connectivity index (χ4n) is 3.95. The van der Waals surface area contributed by atoms with Crippen molar-refractivity contribution >= 4 is 21.6 Å². The van der Waals surface area contributed by atoms with Crippen LogP contribution in [0.3, 0.4) is 0 Å². The zero-order valence-electron chi connectivity index (χ0n) is 12.9. The summed E-state index contributed by atoms with van der Waals surface area (Å²) >= 11 is 1.13. The van der Waals surface area contributed by atoms with Crippen molar-refractivity contribution in [2.24, 2.45) is 17.8 Å². The molecular weight excluding hydrogens is 282 g/mol. The summed E-state index contributed by atoms with van der Waals surface area (Å²) < 4.78 is 1.66. The topological polar surface area (TPSA) is 42.2 Å². The minimum atomic E-state index is -0.258. The highest BCUT2D eigenvalue weighted by atomic mass is 32.1. The van der Waals surface area contributed by atoms with Crippen molar-refractivity contribution < 1.29 is 5.21 Å². The largest absolute Gasteiger partial charge is 0.415 e. The summed E-state index contributed by atoms with van der Waals surface area (Å²) in [5, 5.41) is 10.4. The molecule has 4 heteroatoms. The normalized spacial score (nSPS) is 26.6. The Hall–Kier alpha value is -1.29. The van der Waals surface area contributed by atoms with Gasteiger partial charge in [0.05, 0.1) is 10.1 Å². The van der Waals surface area contributed by atoms with Crippen molar-refractivity contribution in [1.29, 1.82) is 0 Å². The maximum Gasteiger partial charge on any atom is 0.302 e. The number of aromatic nitrogens is 1. The minimum Gasteiger partial charge on any atom is -0.415 e. The first-order valence-electron chi connectivity index (χ1n) is 7.83. The van der Waals surface area contributed by atoms with Crippen LogP contribution >= 0.6 is 11.5 Å². The van der Waals surface area contributed by atoms with E-state index in [1.54, 1.807) is 0 Å². The summed E-state index contributed by atoms with van der Waals surface area (Å²) in [5.74, 6) is 2.38. The Bertz CT molecular complexity index is 700. The average molecular weight is 305 g/mol. The molecule has 3 nitrogen and oxygen atoms in total. The third-order valence-corrected chi connectivity index (χ3v) is 5.93. The van der Waals surface area contributed by atoms with E-state index in [1.165, 1.54) is 12.8 Å². The van der Waals surface area contributed by atoms with Crippen molar-refractivity contribution in [3.05, 3.63) is 34.1 Å². The molecule has 3 unspecified atom stereocenters. The van der Waals surface area contributed by atoms with Gasteiger partial charge in [0.1, 0.15) is 0 Å². The number of benzene rings is 1. The lowest BCUT2D eigenvalue weighted by Gasteiger charge is -2.38. The van der Waals surface area contributed by atoms with Crippen LogP contribution in [0.25, 0.3) is 10.1 Å². The predicted octanol–water partition coefficient (Wildman–Crippen LogP) is 4.48. The van der Waals surface area contributed by atoms with Gasteiger partial charge >= 0.3 is 5.56 Å². The molecule has 1 heterocycles. The van der Waals surface area contributed by atoms with Crippen LogP contribution in [-0.4, -0.2) is 9.33 Å². The van der Waals surface area contributed by atoms with Gasteiger partial charge in [-0.1, -0.05) is 43.4 Å². The molecule has 3 atom stereocenters. The third kappa shape index (κ3) is 2.50. The van der Waals surface area contributed by atoms with Gasteiger partial charge in [0.2, 0.25) is 0 Å². The summed E-state index contributed by atoms with van der Waals surface area (Å²) in [4.78, 5) is 12.3. The van der Waals surface area contributed by atoms with Crippen LogP contribution in [0.2, 0.25) is 0 Å². The molecular formula is C17H23NO2S. The average Bonchev–Trinajstić information content (AvgIpc) is 2.74. The number of fused-ring (bicyclic) bond motifs is 1. The summed E-state index contributed by atoms with van der Waals surface area (Å²) in [6, 6.07) is 6.03. The standard InChI is InChI=1S/C17H23NO2S/c1-10(2)12-8-7-11(3)9-14(12)13-5-4-6-15-16(13)17(19)18(20)21-15/h4-6,10-12,14,20H,7-9H2,1-3H3. The van der Waals surface area contributed by atoms with E-state index in [0.29, 0.717) is 23.7 Å². The lowest BCUT2D eigenvalue weighted by atomic mass is 9.67. The van der Waals surface area contributed by atoms with Gasteiger partial charge in [-0.25, -0.2) is 0 Å². The number of nitrogens with zero attached hydrogens (tertiary/aromatic N) is 1. The third-order valence-electron chi connectivity index (χ3n) is 5.05. The molecule has 3 rings (SSSR count). The second-order valence-corrected chi connectivity index (χ2v) is 7.79. The zero-order valence-corrected chi connectivity index (χ0v) is 13.7. The molecule has 1 fully saturated rings. The number of hydrogen-bond acceptors (Lipinski definition) is 3. The SMILES string of the molecule is CC1CCC(C(C)C)C(c2cccc3sn(O)c(=O)c23)C1. The molecule has 0 radical (unpaired) electrons. The Morgan fingerprint density at radius 3 is 2.81 bits per heavy atom. The molecule has 1 aromatic carbocycles. The predicted molar refractivity (Wildman–Crippen MR) is 87.4 cm³/mol. The quantitative estimate of drug-likeness (QED) is 0.831. The summed E-state index contributed by atoms with van der Waals surface area (Å²) in [5.41, 5.74) is 0.887. The fourth-order valence-corrected chi connectivity index (χ4v) is 4.75. The second kappa shape index (κ2) is 5.48. The second-order valence-electron chi connectivity index (χ2n) is 6.82. The zero-order chi connectivity index (χ0) is 15.1. The Kier molecular flexibility index (Phi) is 3.82. The van der Waals surface area contributed by atoms with Crippen molar-refractivity contribution in [3.8, 4) is 0 Å². The Balaban J connectivity index is 2.15. The van der Waals surface area contributed by atoms with Crippen molar-refractivity contribution in [3.63, 3.8) is 0 Å².